The zero-order valence-electron chi connectivity index (χ0n) is 4.91. The lowest BCUT2D eigenvalue weighted by atomic mass is 10.4. The summed E-state index contributed by atoms with van der Waals surface area (Å²) in [6, 6.07) is 0. The highest BCUT2D eigenvalue weighted by molar-refractivity contribution is 7.89. The molecule has 0 aromatic rings. The molecule has 54 valence electrons. The van der Waals surface area contributed by atoms with Gasteiger partial charge in [0.15, 0.2) is 5.44 Å². The van der Waals surface area contributed by atoms with Gasteiger partial charge in [0.05, 0.1) is 0 Å². The summed E-state index contributed by atoms with van der Waals surface area (Å²) in [7, 11) is -3.42. The van der Waals surface area contributed by atoms with Gasteiger partial charge in [-0.05, 0) is 12.8 Å². The number of hydrogen-bond donors (Lipinski definition) is 1. The van der Waals surface area contributed by atoms with Crippen LogP contribution in [0.5, 0.6) is 0 Å². The van der Waals surface area contributed by atoms with E-state index < -0.39 is 15.5 Å². The Bertz CT molecular complexity index is 180. The second-order valence-corrected chi connectivity index (χ2v) is 3.74. The Morgan fingerprint density at radius 1 is 1.56 bits per heavy atom. The molecule has 1 aliphatic heterocycles. The summed E-state index contributed by atoms with van der Waals surface area (Å²) in [5, 5.41) is 4.79. The van der Waals surface area contributed by atoms with Crippen LogP contribution < -0.4 is 5.14 Å². The van der Waals surface area contributed by atoms with Gasteiger partial charge >= 0.3 is 0 Å². The molecule has 1 unspecified atom stereocenters. The van der Waals surface area contributed by atoms with Crippen molar-refractivity contribution in [2.24, 2.45) is 5.14 Å². The van der Waals surface area contributed by atoms with Crippen LogP contribution in [-0.4, -0.2) is 20.5 Å². The zero-order valence-corrected chi connectivity index (χ0v) is 5.73. The lowest BCUT2D eigenvalue weighted by molar-refractivity contribution is 0.165. The largest absolute Gasteiger partial charge is 0.361 e. The van der Waals surface area contributed by atoms with E-state index in [2.05, 4.69) is 0 Å². The molecule has 1 saturated heterocycles. The van der Waals surface area contributed by atoms with Gasteiger partial charge in [-0.1, -0.05) is 0 Å². The van der Waals surface area contributed by atoms with Crippen LogP contribution in [0.1, 0.15) is 12.8 Å². The van der Waals surface area contributed by atoms with E-state index in [9.17, 15) is 8.42 Å². The van der Waals surface area contributed by atoms with E-state index >= 15 is 0 Å². The Kier molecular flexibility index (Phi) is 1.74. The molecule has 0 spiro atoms. The second-order valence-electron chi connectivity index (χ2n) is 2.03. The maximum atomic E-state index is 10.5. The molecule has 0 saturated carbocycles. The minimum absolute atomic E-state index is 0.515. The summed E-state index contributed by atoms with van der Waals surface area (Å²) < 4.78 is 25.8. The Morgan fingerprint density at radius 3 is 2.44 bits per heavy atom. The summed E-state index contributed by atoms with van der Waals surface area (Å²) in [4.78, 5) is 0. The van der Waals surface area contributed by atoms with Gasteiger partial charge in [0.1, 0.15) is 0 Å². The Morgan fingerprint density at radius 2 is 2.22 bits per heavy atom. The number of nitrogens with two attached hydrogens (primary N) is 1. The normalized spacial score (nSPS) is 28.8. The van der Waals surface area contributed by atoms with Crippen LogP contribution in [0.15, 0.2) is 0 Å². The van der Waals surface area contributed by atoms with Crippen molar-refractivity contribution < 1.29 is 13.2 Å². The van der Waals surface area contributed by atoms with E-state index in [0.29, 0.717) is 13.0 Å². The SMILES string of the molecule is NS(=O)(=O)C1CCCO1. The highest BCUT2D eigenvalue weighted by Crippen LogP contribution is 2.14. The molecule has 1 rings (SSSR count). The first kappa shape index (κ1) is 6.98. The number of ether oxygens (including phenoxy) is 1. The topological polar surface area (TPSA) is 69.4 Å². The third-order valence-corrected chi connectivity index (χ3v) is 2.36. The van der Waals surface area contributed by atoms with Crippen molar-refractivity contribution in [1.82, 2.24) is 0 Å². The van der Waals surface area contributed by atoms with Gasteiger partial charge in [-0.25, -0.2) is 13.6 Å². The van der Waals surface area contributed by atoms with Crippen molar-refractivity contribution in [1.29, 1.82) is 0 Å². The van der Waals surface area contributed by atoms with Crippen molar-refractivity contribution in [3.63, 3.8) is 0 Å². The maximum absolute atomic E-state index is 10.5. The summed E-state index contributed by atoms with van der Waals surface area (Å²) in [5.41, 5.74) is -0.738. The molecule has 0 amide bonds. The monoisotopic (exact) mass is 151 g/mol. The van der Waals surface area contributed by atoms with Crippen LogP contribution in [0, 0.1) is 0 Å². The molecule has 4 nitrogen and oxygen atoms in total. The van der Waals surface area contributed by atoms with E-state index in [1.165, 1.54) is 0 Å². The second kappa shape index (κ2) is 2.24. The number of hydrogen-bond acceptors (Lipinski definition) is 3. The third kappa shape index (κ3) is 1.64. The van der Waals surface area contributed by atoms with Crippen molar-refractivity contribution in [2.75, 3.05) is 6.61 Å². The lowest BCUT2D eigenvalue weighted by Crippen LogP contribution is -2.27. The molecule has 1 atom stereocenters. The minimum atomic E-state index is -3.42. The molecule has 0 aliphatic carbocycles. The Balaban J connectivity index is 2.63. The van der Waals surface area contributed by atoms with Crippen LogP contribution >= 0.6 is 0 Å². The van der Waals surface area contributed by atoms with E-state index in [-0.39, 0.29) is 0 Å². The fraction of sp³-hybridized carbons (Fsp3) is 1.00. The van der Waals surface area contributed by atoms with Gasteiger partial charge in [0.2, 0.25) is 10.0 Å². The Hall–Kier alpha value is -0.130. The fourth-order valence-electron chi connectivity index (χ4n) is 0.807. The molecule has 1 fully saturated rings. The summed E-state index contributed by atoms with van der Waals surface area (Å²) >= 11 is 0. The molecule has 0 aromatic heterocycles. The number of primary sulfonamides is 1. The highest BCUT2D eigenvalue weighted by Gasteiger charge is 2.25. The maximum Gasteiger partial charge on any atom is 0.236 e. The van der Waals surface area contributed by atoms with E-state index in [1.807, 2.05) is 0 Å². The molecular formula is C4H9NO3S. The molecular weight excluding hydrogens is 142 g/mol. The molecule has 0 bridgehead atoms. The van der Waals surface area contributed by atoms with E-state index in [1.54, 1.807) is 0 Å². The Labute approximate surface area is 54.0 Å². The van der Waals surface area contributed by atoms with Gasteiger partial charge in [-0.15, -0.1) is 0 Å². The predicted octanol–water partition coefficient (Wildman–Crippen LogP) is -0.589. The van der Waals surface area contributed by atoms with Crippen molar-refractivity contribution >= 4 is 10.0 Å². The highest BCUT2D eigenvalue weighted by atomic mass is 32.2. The van der Waals surface area contributed by atoms with Gasteiger partial charge in [0.25, 0.3) is 0 Å². The molecule has 9 heavy (non-hydrogen) atoms. The smallest absolute Gasteiger partial charge is 0.236 e. The van der Waals surface area contributed by atoms with Gasteiger partial charge in [-0.2, -0.15) is 0 Å². The summed E-state index contributed by atoms with van der Waals surface area (Å²) in [6.07, 6.45) is 1.33. The first-order valence-corrected chi connectivity index (χ1v) is 4.35. The minimum Gasteiger partial charge on any atom is -0.361 e. The van der Waals surface area contributed by atoms with Crippen LogP contribution in [0.2, 0.25) is 0 Å². The quantitative estimate of drug-likeness (QED) is 0.544. The molecule has 0 aromatic carbocycles. The van der Waals surface area contributed by atoms with Crippen molar-refractivity contribution in [2.45, 2.75) is 18.3 Å². The van der Waals surface area contributed by atoms with E-state index in [0.717, 1.165) is 6.42 Å². The molecule has 5 heteroatoms. The number of sulfonamides is 1. The van der Waals surface area contributed by atoms with Crippen LogP contribution in [0.3, 0.4) is 0 Å². The lowest BCUT2D eigenvalue weighted by Gasteiger charge is -2.03. The number of rotatable bonds is 1. The van der Waals surface area contributed by atoms with Crippen LogP contribution in [0.4, 0.5) is 0 Å². The zero-order chi connectivity index (χ0) is 6.91. The average molecular weight is 151 g/mol. The molecule has 1 aliphatic rings. The molecule has 2 N–H and O–H groups in total. The van der Waals surface area contributed by atoms with Gasteiger partial charge in [-0.3, -0.25) is 0 Å². The van der Waals surface area contributed by atoms with Crippen molar-refractivity contribution in [3.05, 3.63) is 0 Å². The predicted molar refractivity (Wildman–Crippen MR) is 32.1 cm³/mol. The van der Waals surface area contributed by atoms with Gasteiger partial charge in [0, 0.05) is 6.61 Å². The third-order valence-electron chi connectivity index (χ3n) is 1.25. The van der Waals surface area contributed by atoms with Gasteiger partial charge < -0.3 is 4.74 Å². The summed E-state index contributed by atoms with van der Waals surface area (Å²) in [6.45, 7) is 0.515. The molecule has 1 heterocycles. The standard InChI is InChI=1S/C4H9NO3S/c5-9(6,7)4-2-1-3-8-4/h4H,1-3H2,(H2,5,6,7). The summed E-state index contributed by atoms with van der Waals surface area (Å²) in [5.74, 6) is 0. The van der Waals surface area contributed by atoms with Crippen LogP contribution in [0.25, 0.3) is 0 Å². The van der Waals surface area contributed by atoms with E-state index in [4.69, 9.17) is 9.88 Å². The average Bonchev–Trinajstić information content (AvgIpc) is 2.08. The first-order chi connectivity index (χ1) is 4.11. The fourth-order valence-corrected chi connectivity index (χ4v) is 1.59. The first-order valence-electron chi connectivity index (χ1n) is 2.74. The van der Waals surface area contributed by atoms with Crippen molar-refractivity contribution in [3.8, 4) is 0 Å². The molecule has 0 radical (unpaired) electrons. The van der Waals surface area contributed by atoms with Crippen LogP contribution in [-0.2, 0) is 14.8 Å².